The monoisotopic (exact) mass is 219 g/mol. The van der Waals surface area contributed by atoms with Gasteiger partial charge in [-0.3, -0.25) is 4.98 Å². The Labute approximate surface area is 93.5 Å². The van der Waals surface area contributed by atoms with Gasteiger partial charge in [-0.1, -0.05) is 0 Å². The van der Waals surface area contributed by atoms with Crippen LogP contribution in [0.3, 0.4) is 0 Å². The Balaban J connectivity index is 2.33. The summed E-state index contributed by atoms with van der Waals surface area (Å²) in [4.78, 5) is 15.9. The molecule has 1 aliphatic rings. The van der Waals surface area contributed by atoms with E-state index >= 15 is 0 Å². The number of carbonyl (C=O) groups excluding carboxylic acids is 1. The number of hydrogen-bond acceptors (Lipinski definition) is 5. The topological polar surface area (TPSA) is 63.6 Å². The zero-order valence-electron chi connectivity index (χ0n) is 9.06. The number of hydrogen-bond donors (Lipinski definition) is 1. The number of nitrogens with zero attached hydrogens (tertiary/aromatic N) is 2. The molecule has 0 amide bonds. The Hall–Kier alpha value is -1.91. The van der Waals surface area contributed by atoms with Crippen LogP contribution in [0.1, 0.15) is 29.4 Å². The van der Waals surface area contributed by atoms with Crippen LogP contribution in [-0.2, 0) is 4.74 Å². The van der Waals surface area contributed by atoms with Gasteiger partial charge in [-0.2, -0.15) is 5.10 Å². The number of hydrazone groups is 1. The molecule has 16 heavy (non-hydrogen) atoms. The van der Waals surface area contributed by atoms with Gasteiger partial charge in [0.15, 0.2) is 0 Å². The molecule has 0 radical (unpaired) electrons. The van der Waals surface area contributed by atoms with E-state index in [1.807, 2.05) is 0 Å². The largest absolute Gasteiger partial charge is 0.462 e. The lowest BCUT2D eigenvalue weighted by Crippen LogP contribution is -2.13. The van der Waals surface area contributed by atoms with Crippen LogP contribution < -0.4 is 5.43 Å². The highest BCUT2D eigenvalue weighted by atomic mass is 16.5. The average molecular weight is 219 g/mol. The van der Waals surface area contributed by atoms with Crippen LogP contribution in [0.5, 0.6) is 0 Å². The molecule has 0 spiro atoms. The van der Waals surface area contributed by atoms with Gasteiger partial charge in [0.1, 0.15) is 5.69 Å². The zero-order chi connectivity index (χ0) is 11.4. The van der Waals surface area contributed by atoms with Crippen LogP contribution in [0.4, 0.5) is 0 Å². The van der Waals surface area contributed by atoms with Gasteiger partial charge < -0.3 is 10.2 Å². The van der Waals surface area contributed by atoms with Crippen molar-refractivity contribution in [1.29, 1.82) is 0 Å². The second kappa shape index (κ2) is 4.74. The van der Waals surface area contributed by atoms with Crippen LogP contribution in [0.25, 0.3) is 0 Å². The summed E-state index contributed by atoms with van der Waals surface area (Å²) in [7, 11) is 0. The highest BCUT2D eigenvalue weighted by Crippen LogP contribution is 2.12. The first kappa shape index (κ1) is 10.6. The van der Waals surface area contributed by atoms with Crippen molar-refractivity contribution >= 4 is 11.7 Å². The first-order valence-corrected chi connectivity index (χ1v) is 5.25. The molecule has 1 aromatic heterocycles. The molecule has 0 fully saturated rings. The van der Waals surface area contributed by atoms with E-state index in [-0.39, 0.29) is 5.97 Å². The Morgan fingerprint density at radius 1 is 1.62 bits per heavy atom. The van der Waals surface area contributed by atoms with E-state index in [2.05, 4.69) is 15.5 Å². The van der Waals surface area contributed by atoms with Gasteiger partial charge >= 0.3 is 5.97 Å². The van der Waals surface area contributed by atoms with Crippen LogP contribution in [0.15, 0.2) is 23.4 Å². The van der Waals surface area contributed by atoms with Gasteiger partial charge in [-0.25, -0.2) is 4.79 Å². The minimum Gasteiger partial charge on any atom is -0.462 e. The minimum absolute atomic E-state index is 0.347. The Morgan fingerprint density at radius 3 is 3.19 bits per heavy atom. The van der Waals surface area contributed by atoms with Gasteiger partial charge in [-0.15, -0.1) is 0 Å². The highest BCUT2D eigenvalue weighted by molar-refractivity contribution is 6.07. The summed E-state index contributed by atoms with van der Waals surface area (Å²) in [5, 5.41) is 4.11. The number of carbonyl (C=O) groups is 1. The van der Waals surface area contributed by atoms with Gasteiger partial charge in [0.25, 0.3) is 0 Å². The molecule has 0 atom stereocenters. The molecule has 5 nitrogen and oxygen atoms in total. The van der Waals surface area contributed by atoms with E-state index < -0.39 is 0 Å². The van der Waals surface area contributed by atoms with E-state index in [9.17, 15) is 4.79 Å². The van der Waals surface area contributed by atoms with Crippen molar-refractivity contribution in [3.8, 4) is 0 Å². The summed E-state index contributed by atoms with van der Waals surface area (Å²) in [6.45, 7) is 2.93. The summed E-state index contributed by atoms with van der Waals surface area (Å²) in [6.07, 6.45) is 2.43. The fourth-order valence-electron chi connectivity index (χ4n) is 1.56. The molecule has 84 valence electrons. The van der Waals surface area contributed by atoms with E-state index in [0.29, 0.717) is 17.9 Å². The molecule has 5 heteroatoms. The summed E-state index contributed by atoms with van der Waals surface area (Å²) >= 11 is 0. The SMILES string of the molecule is CCOC(=O)c1cccnc1C1=NNCC1. The van der Waals surface area contributed by atoms with E-state index in [1.54, 1.807) is 25.3 Å². The fourth-order valence-corrected chi connectivity index (χ4v) is 1.56. The third-order valence-corrected chi connectivity index (χ3v) is 2.26. The molecule has 0 aliphatic carbocycles. The maximum absolute atomic E-state index is 11.7. The molecule has 2 heterocycles. The summed E-state index contributed by atoms with van der Waals surface area (Å²) < 4.78 is 4.97. The van der Waals surface area contributed by atoms with Gasteiger partial charge in [0, 0.05) is 19.2 Å². The van der Waals surface area contributed by atoms with Crippen molar-refractivity contribution in [2.45, 2.75) is 13.3 Å². The number of nitrogens with one attached hydrogen (secondary N) is 1. The Kier molecular flexibility index (Phi) is 3.14. The minimum atomic E-state index is -0.347. The molecule has 1 N–H and O–H groups in total. The summed E-state index contributed by atoms with van der Waals surface area (Å²) in [5.74, 6) is -0.347. The molecular weight excluding hydrogens is 206 g/mol. The van der Waals surface area contributed by atoms with Crippen molar-refractivity contribution in [2.75, 3.05) is 13.2 Å². The lowest BCUT2D eigenvalue weighted by atomic mass is 10.1. The summed E-state index contributed by atoms with van der Waals surface area (Å²) in [5.41, 5.74) is 4.77. The number of pyridine rings is 1. The second-order valence-electron chi connectivity index (χ2n) is 3.34. The zero-order valence-corrected chi connectivity index (χ0v) is 9.06. The molecule has 0 unspecified atom stereocenters. The lowest BCUT2D eigenvalue weighted by Gasteiger charge is -2.06. The third-order valence-electron chi connectivity index (χ3n) is 2.26. The Morgan fingerprint density at radius 2 is 2.50 bits per heavy atom. The van der Waals surface area contributed by atoms with Crippen LogP contribution >= 0.6 is 0 Å². The number of esters is 1. The van der Waals surface area contributed by atoms with Crippen molar-refractivity contribution < 1.29 is 9.53 Å². The molecular formula is C11H13N3O2. The normalized spacial score (nSPS) is 14.2. The van der Waals surface area contributed by atoms with Crippen molar-refractivity contribution in [1.82, 2.24) is 10.4 Å². The van der Waals surface area contributed by atoms with E-state index in [0.717, 1.165) is 18.7 Å². The lowest BCUT2D eigenvalue weighted by molar-refractivity contribution is 0.0525. The van der Waals surface area contributed by atoms with E-state index in [1.165, 1.54) is 0 Å². The molecule has 1 aliphatic heterocycles. The smallest absolute Gasteiger partial charge is 0.340 e. The predicted octanol–water partition coefficient (Wildman–Crippen LogP) is 0.956. The molecule has 0 saturated carbocycles. The highest BCUT2D eigenvalue weighted by Gasteiger charge is 2.19. The van der Waals surface area contributed by atoms with Crippen molar-refractivity contribution in [3.63, 3.8) is 0 Å². The van der Waals surface area contributed by atoms with Gasteiger partial charge in [-0.05, 0) is 19.1 Å². The van der Waals surface area contributed by atoms with Crippen molar-refractivity contribution in [3.05, 3.63) is 29.6 Å². The van der Waals surface area contributed by atoms with Crippen LogP contribution in [0, 0.1) is 0 Å². The molecule has 1 aromatic rings. The standard InChI is InChI=1S/C11H13N3O2/c1-2-16-11(15)8-4-3-6-12-10(8)9-5-7-13-14-9/h3-4,6,13H,2,5,7H2,1H3. The third kappa shape index (κ3) is 2.03. The van der Waals surface area contributed by atoms with Gasteiger partial charge in [0.05, 0.1) is 17.9 Å². The predicted molar refractivity (Wildman–Crippen MR) is 59.4 cm³/mol. The maximum Gasteiger partial charge on any atom is 0.340 e. The van der Waals surface area contributed by atoms with Crippen molar-refractivity contribution in [2.24, 2.45) is 5.10 Å². The number of ether oxygens (including phenoxy) is 1. The number of aromatic nitrogens is 1. The average Bonchev–Trinajstić information content (AvgIpc) is 2.83. The first-order chi connectivity index (χ1) is 7.83. The van der Waals surface area contributed by atoms with Gasteiger partial charge in [0.2, 0.25) is 0 Å². The molecule has 2 rings (SSSR count). The fraction of sp³-hybridized carbons (Fsp3) is 0.364. The Bertz CT molecular complexity index is 429. The quantitative estimate of drug-likeness (QED) is 0.769. The number of rotatable bonds is 3. The molecule has 0 saturated heterocycles. The van der Waals surface area contributed by atoms with Crippen LogP contribution in [-0.4, -0.2) is 29.8 Å². The molecule has 0 bridgehead atoms. The maximum atomic E-state index is 11.7. The second-order valence-corrected chi connectivity index (χ2v) is 3.34. The van der Waals surface area contributed by atoms with Crippen LogP contribution in [0.2, 0.25) is 0 Å². The molecule has 0 aromatic carbocycles. The summed E-state index contributed by atoms with van der Waals surface area (Å²) in [6, 6.07) is 3.43. The first-order valence-electron chi connectivity index (χ1n) is 5.25. The van der Waals surface area contributed by atoms with E-state index in [4.69, 9.17) is 4.74 Å².